The minimum atomic E-state index is -1.31. The fourth-order valence-electron chi connectivity index (χ4n) is 1.37. The Labute approximate surface area is 114 Å². The van der Waals surface area contributed by atoms with Crippen LogP contribution in [0.2, 0.25) is 0 Å². The van der Waals surface area contributed by atoms with Gasteiger partial charge in [-0.3, -0.25) is 15.3 Å². The Hall–Kier alpha value is -1.18. The predicted octanol–water partition coefficient (Wildman–Crippen LogP) is -1.13. The summed E-state index contributed by atoms with van der Waals surface area (Å²) in [5, 5.41) is 2.58. The van der Waals surface area contributed by atoms with E-state index in [1.807, 2.05) is 32.8 Å². The molecule has 7 nitrogen and oxygen atoms in total. The highest BCUT2D eigenvalue weighted by atomic mass is 16.6. The third kappa shape index (κ3) is 8.52. The maximum absolute atomic E-state index is 11.6. The maximum atomic E-state index is 11.6. The first-order chi connectivity index (χ1) is 8.73. The second-order valence-corrected chi connectivity index (χ2v) is 5.19. The lowest BCUT2D eigenvalue weighted by Gasteiger charge is -2.18. The monoisotopic (exact) mass is 274 g/mol. The molecule has 112 valence electrons. The summed E-state index contributed by atoms with van der Waals surface area (Å²) in [6.07, 6.45) is -0.818. The van der Waals surface area contributed by atoms with Crippen LogP contribution in [0.3, 0.4) is 0 Å². The Morgan fingerprint density at radius 1 is 1.26 bits per heavy atom. The van der Waals surface area contributed by atoms with E-state index < -0.39 is 24.1 Å². The van der Waals surface area contributed by atoms with Crippen molar-refractivity contribution in [1.82, 2.24) is 10.2 Å². The van der Waals surface area contributed by atoms with Crippen LogP contribution in [-0.4, -0.2) is 56.2 Å². The van der Waals surface area contributed by atoms with Gasteiger partial charge in [0.25, 0.3) is 5.91 Å². The van der Waals surface area contributed by atoms with Crippen LogP contribution in [0.15, 0.2) is 0 Å². The van der Waals surface area contributed by atoms with E-state index in [0.29, 0.717) is 19.5 Å². The summed E-state index contributed by atoms with van der Waals surface area (Å²) in [6.45, 7) is 5.01. The van der Waals surface area contributed by atoms with Crippen LogP contribution < -0.4 is 16.8 Å². The quantitative estimate of drug-likeness (QED) is 0.381. The minimum Gasteiger partial charge on any atom is -0.436 e. The number of rotatable bonds is 8. The molecule has 0 bridgehead atoms. The number of esters is 1. The molecule has 0 aliphatic rings. The molecule has 5 N–H and O–H groups in total. The summed E-state index contributed by atoms with van der Waals surface area (Å²) in [7, 11) is 3.77. The van der Waals surface area contributed by atoms with Crippen LogP contribution in [0.1, 0.15) is 20.3 Å². The Morgan fingerprint density at radius 2 is 1.84 bits per heavy atom. The molecular weight excluding hydrogens is 248 g/mol. The van der Waals surface area contributed by atoms with E-state index in [2.05, 4.69) is 5.32 Å². The largest absolute Gasteiger partial charge is 0.436 e. The van der Waals surface area contributed by atoms with Gasteiger partial charge < -0.3 is 20.7 Å². The van der Waals surface area contributed by atoms with Gasteiger partial charge in [0.1, 0.15) is 6.04 Å². The lowest BCUT2D eigenvalue weighted by Crippen LogP contribution is -2.47. The molecule has 0 aromatic heterocycles. The van der Waals surface area contributed by atoms with Gasteiger partial charge in [0.15, 0.2) is 0 Å². The van der Waals surface area contributed by atoms with Crippen molar-refractivity contribution in [2.45, 2.75) is 32.5 Å². The molecule has 0 spiro atoms. The van der Waals surface area contributed by atoms with Gasteiger partial charge in [0, 0.05) is 13.1 Å². The molecule has 0 heterocycles. The van der Waals surface area contributed by atoms with Gasteiger partial charge in [0.2, 0.25) is 6.23 Å². The summed E-state index contributed by atoms with van der Waals surface area (Å²) < 4.78 is 4.82. The summed E-state index contributed by atoms with van der Waals surface area (Å²) in [5.74, 6) is -0.899. The van der Waals surface area contributed by atoms with E-state index in [1.54, 1.807) is 0 Å². The fraction of sp³-hybridized carbons (Fsp3) is 0.833. The van der Waals surface area contributed by atoms with Gasteiger partial charge >= 0.3 is 5.97 Å². The Kier molecular flexibility index (Phi) is 8.29. The van der Waals surface area contributed by atoms with Crippen LogP contribution >= 0.6 is 0 Å². The lowest BCUT2D eigenvalue weighted by atomic mass is 10.1. The fourth-order valence-corrected chi connectivity index (χ4v) is 1.37. The Bertz CT molecular complexity index is 295. The zero-order chi connectivity index (χ0) is 15.0. The second kappa shape index (κ2) is 8.84. The number of nitrogens with two attached hydrogens (primary N) is 2. The first-order valence-corrected chi connectivity index (χ1v) is 6.38. The number of likely N-dealkylation sites (N-methyl/N-ethyl adjacent to an activating group) is 1. The van der Waals surface area contributed by atoms with Crippen molar-refractivity contribution < 1.29 is 14.3 Å². The molecule has 0 aromatic rings. The number of hydrogen-bond donors (Lipinski definition) is 3. The summed E-state index contributed by atoms with van der Waals surface area (Å²) >= 11 is 0. The molecule has 0 radical (unpaired) electrons. The van der Waals surface area contributed by atoms with Crippen molar-refractivity contribution in [1.29, 1.82) is 0 Å². The number of amides is 1. The minimum absolute atomic E-state index is 0.271. The van der Waals surface area contributed by atoms with Crippen molar-refractivity contribution in [3.05, 3.63) is 0 Å². The molecule has 0 unspecified atom stereocenters. The van der Waals surface area contributed by atoms with E-state index >= 15 is 0 Å². The van der Waals surface area contributed by atoms with Gasteiger partial charge in [-0.25, -0.2) is 0 Å². The average molecular weight is 274 g/mol. The molecule has 19 heavy (non-hydrogen) atoms. The van der Waals surface area contributed by atoms with Crippen molar-refractivity contribution >= 4 is 11.9 Å². The van der Waals surface area contributed by atoms with Gasteiger partial charge in [-0.15, -0.1) is 0 Å². The molecule has 0 aromatic carbocycles. The highest BCUT2D eigenvalue weighted by Crippen LogP contribution is 2.04. The SMILES string of the molecule is CC(C)C[C@H](N)C(=O)O[C@@H](N)C(=O)NCCN(C)C. The molecule has 0 rings (SSSR count). The maximum Gasteiger partial charge on any atom is 0.324 e. The summed E-state index contributed by atoms with van der Waals surface area (Å²) in [6, 6.07) is -0.749. The topological polar surface area (TPSA) is 111 Å². The van der Waals surface area contributed by atoms with E-state index in [0.717, 1.165) is 0 Å². The number of hydrogen-bond acceptors (Lipinski definition) is 6. The molecule has 7 heteroatoms. The molecule has 0 aliphatic heterocycles. The zero-order valence-electron chi connectivity index (χ0n) is 12.2. The smallest absolute Gasteiger partial charge is 0.324 e. The van der Waals surface area contributed by atoms with Crippen molar-refractivity contribution in [3.8, 4) is 0 Å². The van der Waals surface area contributed by atoms with Gasteiger partial charge in [-0.05, 0) is 26.4 Å². The van der Waals surface area contributed by atoms with Crippen molar-refractivity contribution in [3.63, 3.8) is 0 Å². The second-order valence-electron chi connectivity index (χ2n) is 5.19. The number of ether oxygens (including phenoxy) is 1. The van der Waals surface area contributed by atoms with E-state index in [9.17, 15) is 9.59 Å². The molecule has 1 amide bonds. The summed E-state index contributed by atoms with van der Waals surface area (Å²) in [5.41, 5.74) is 11.1. The van der Waals surface area contributed by atoms with Gasteiger partial charge in [-0.1, -0.05) is 13.8 Å². The van der Waals surface area contributed by atoms with Crippen LogP contribution in [0.4, 0.5) is 0 Å². The predicted molar refractivity (Wildman–Crippen MR) is 73.1 cm³/mol. The standard InChI is InChI=1S/C12H26N4O3/c1-8(2)7-9(13)12(18)19-10(14)11(17)15-5-6-16(3)4/h8-10H,5-7,13-14H2,1-4H3,(H,15,17)/t9-,10+/m0/s1. The number of nitrogens with one attached hydrogen (secondary N) is 1. The van der Waals surface area contributed by atoms with Crippen LogP contribution in [0.5, 0.6) is 0 Å². The van der Waals surface area contributed by atoms with E-state index in [4.69, 9.17) is 16.2 Å². The highest BCUT2D eigenvalue weighted by Gasteiger charge is 2.23. The molecule has 0 aliphatic carbocycles. The number of carbonyl (C=O) groups excluding carboxylic acids is 2. The number of nitrogens with zero attached hydrogens (tertiary/aromatic N) is 1. The van der Waals surface area contributed by atoms with E-state index in [-0.39, 0.29) is 5.92 Å². The number of carbonyl (C=O) groups is 2. The van der Waals surface area contributed by atoms with Crippen LogP contribution in [0.25, 0.3) is 0 Å². The normalized spacial score (nSPS) is 14.3. The molecular formula is C12H26N4O3. The molecule has 0 saturated carbocycles. The molecule has 2 atom stereocenters. The molecule has 0 saturated heterocycles. The van der Waals surface area contributed by atoms with Crippen LogP contribution in [0, 0.1) is 5.92 Å². The van der Waals surface area contributed by atoms with Gasteiger partial charge in [0.05, 0.1) is 0 Å². The Balaban J connectivity index is 4.03. The summed E-state index contributed by atoms with van der Waals surface area (Å²) in [4.78, 5) is 25.0. The third-order valence-electron chi connectivity index (χ3n) is 2.39. The van der Waals surface area contributed by atoms with E-state index in [1.165, 1.54) is 0 Å². The van der Waals surface area contributed by atoms with Crippen molar-refractivity contribution in [2.75, 3.05) is 27.2 Å². The Morgan fingerprint density at radius 3 is 2.32 bits per heavy atom. The van der Waals surface area contributed by atoms with Crippen molar-refractivity contribution in [2.24, 2.45) is 17.4 Å². The molecule has 0 fully saturated rings. The van der Waals surface area contributed by atoms with Gasteiger partial charge in [-0.2, -0.15) is 0 Å². The first kappa shape index (κ1) is 17.8. The third-order valence-corrected chi connectivity index (χ3v) is 2.39. The average Bonchev–Trinajstić information content (AvgIpc) is 2.27. The zero-order valence-corrected chi connectivity index (χ0v) is 12.2. The lowest BCUT2D eigenvalue weighted by molar-refractivity contribution is -0.157. The van der Waals surface area contributed by atoms with Crippen LogP contribution in [-0.2, 0) is 14.3 Å². The highest BCUT2D eigenvalue weighted by molar-refractivity contribution is 5.84. The first-order valence-electron chi connectivity index (χ1n) is 6.38.